The highest BCUT2D eigenvalue weighted by Gasteiger charge is 2.37. The van der Waals surface area contributed by atoms with Crippen molar-refractivity contribution >= 4 is 29.3 Å². The Hall–Kier alpha value is -3.98. The molecule has 0 spiro atoms. The van der Waals surface area contributed by atoms with Gasteiger partial charge in [0.05, 0.1) is 23.6 Å². The fourth-order valence-electron chi connectivity index (χ4n) is 3.98. The van der Waals surface area contributed by atoms with Gasteiger partial charge in [-0.3, -0.25) is 14.5 Å². The van der Waals surface area contributed by atoms with E-state index in [1.54, 1.807) is 41.2 Å². The maximum Gasteiger partial charge on any atom is 0.321 e. The monoisotopic (exact) mass is 446 g/mol. The number of amides is 1. The van der Waals surface area contributed by atoms with E-state index in [0.717, 1.165) is 6.42 Å². The highest BCUT2D eigenvalue weighted by atomic mass is 16.4. The number of anilines is 2. The van der Waals surface area contributed by atoms with Crippen LogP contribution in [0.4, 0.5) is 11.4 Å². The molecule has 4 rings (SSSR count). The first-order valence-electron chi connectivity index (χ1n) is 10.8. The van der Waals surface area contributed by atoms with Gasteiger partial charge >= 0.3 is 5.97 Å². The second-order valence-electron chi connectivity index (χ2n) is 8.01. The molecule has 1 fully saturated rings. The Bertz CT molecular complexity index is 1140. The number of carbonyl (C=O) groups excluding carboxylic acids is 1. The average molecular weight is 447 g/mol. The van der Waals surface area contributed by atoms with E-state index >= 15 is 0 Å². The third kappa shape index (κ3) is 5.64. The number of nitrogen functional groups attached to an aromatic ring is 1. The Balaban J connectivity index is 1.37. The van der Waals surface area contributed by atoms with Gasteiger partial charge in [0.1, 0.15) is 11.7 Å². The summed E-state index contributed by atoms with van der Waals surface area (Å²) in [6.45, 7) is 1.23. The van der Waals surface area contributed by atoms with E-state index in [2.05, 4.69) is 15.6 Å². The molecule has 0 radical (unpaired) electrons. The second kappa shape index (κ2) is 10.1. The molecule has 1 aliphatic rings. The topological polar surface area (TPSA) is 126 Å². The lowest BCUT2D eigenvalue weighted by Gasteiger charge is -2.20. The van der Waals surface area contributed by atoms with Crippen molar-refractivity contribution in [3.63, 3.8) is 0 Å². The van der Waals surface area contributed by atoms with Crippen LogP contribution in [0.25, 0.3) is 6.08 Å². The van der Waals surface area contributed by atoms with Gasteiger partial charge in [-0.15, -0.1) is 5.10 Å². The van der Waals surface area contributed by atoms with Crippen molar-refractivity contribution < 1.29 is 14.7 Å². The van der Waals surface area contributed by atoms with Crippen molar-refractivity contribution in [1.29, 1.82) is 0 Å². The van der Waals surface area contributed by atoms with E-state index in [1.165, 1.54) is 11.6 Å². The minimum Gasteiger partial charge on any atom is -0.480 e. The van der Waals surface area contributed by atoms with Gasteiger partial charge in [-0.05, 0) is 36.6 Å². The SMILES string of the molecule is Nc1ccccc1NC(=O)/C=C/c1cn([C@H]2C[C@H](C(=O)O)N(CCc3ccccc3)C2)nn1. The zero-order valence-electron chi connectivity index (χ0n) is 18.0. The molecule has 9 heteroatoms. The number of nitrogens with two attached hydrogens (primary N) is 1. The molecule has 0 unspecified atom stereocenters. The number of aromatic nitrogens is 3. The van der Waals surface area contributed by atoms with E-state index in [0.29, 0.717) is 36.6 Å². The molecular weight excluding hydrogens is 420 g/mol. The number of aliphatic carboxylic acids is 1. The van der Waals surface area contributed by atoms with Gasteiger partial charge in [0.25, 0.3) is 0 Å². The lowest BCUT2D eigenvalue weighted by Crippen LogP contribution is -2.37. The number of hydrogen-bond donors (Lipinski definition) is 3. The fourth-order valence-corrected chi connectivity index (χ4v) is 3.98. The van der Waals surface area contributed by atoms with Crippen LogP contribution in [-0.4, -0.2) is 56.0 Å². The zero-order chi connectivity index (χ0) is 23.2. The van der Waals surface area contributed by atoms with Crippen LogP contribution in [0.15, 0.2) is 66.9 Å². The lowest BCUT2D eigenvalue weighted by molar-refractivity contribution is -0.142. The summed E-state index contributed by atoms with van der Waals surface area (Å²) in [6.07, 6.45) is 5.88. The number of benzene rings is 2. The number of likely N-dealkylation sites (tertiary alicyclic amines) is 1. The zero-order valence-corrected chi connectivity index (χ0v) is 18.0. The number of carbonyl (C=O) groups is 2. The maximum atomic E-state index is 12.2. The molecule has 0 saturated carbocycles. The van der Waals surface area contributed by atoms with Crippen LogP contribution in [0.2, 0.25) is 0 Å². The van der Waals surface area contributed by atoms with Crippen LogP contribution >= 0.6 is 0 Å². The molecule has 1 aromatic heterocycles. The summed E-state index contributed by atoms with van der Waals surface area (Å²) in [5.41, 5.74) is 8.55. The quantitative estimate of drug-likeness (QED) is 0.358. The van der Waals surface area contributed by atoms with Crippen molar-refractivity contribution in [2.45, 2.75) is 24.9 Å². The molecule has 3 aromatic rings. The highest BCUT2D eigenvalue weighted by molar-refractivity contribution is 6.03. The van der Waals surface area contributed by atoms with E-state index in [4.69, 9.17) is 5.73 Å². The van der Waals surface area contributed by atoms with Crippen LogP contribution in [0, 0.1) is 0 Å². The molecule has 0 bridgehead atoms. The number of nitrogens with zero attached hydrogens (tertiary/aromatic N) is 4. The molecule has 4 N–H and O–H groups in total. The van der Waals surface area contributed by atoms with Crippen molar-refractivity contribution in [3.05, 3.63) is 78.1 Å². The minimum absolute atomic E-state index is 0.102. The summed E-state index contributed by atoms with van der Waals surface area (Å²) < 4.78 is 1.69. The third-order valence-electron chi connectivity index (χ3n) is 5.72. The van der Waals surface area contributed by atoms with Crippen molar-refractivity contribution in [3.8, 4) is 0 Å². The summed E-state index contributed by atoms with van der Waals surface area (Å²) in [4.78, 5) is 26.0. The minimum atomic E-state index is -0.831. The van der Waals surface area contributed by atoms with Crippen LogP contribution in [0.1, 0.15) is 23.7 Å². The van der Waals surface area contributed by atoms with Crippen molar-refractivity contribution in [2.75, 3.05) is 24.1 Å². The first-order chi connectivity index (χ1) is 16.0. The van der Waals surface area contributed by atoms with Crippen LogP contribution in [0.5, 0.6) is 0 Å². The number of carboxylic acid groups (broad SMARTS) is 1. The molecule has 1 amide bonds. The molecule has 9 nitrogen and oxygen atoms in total. The van der Waals surface area contributed by atoms with Gasteiger partial charge in [0.15, 0.2) is 0 Å². The molecule has 1 saturated heterocycles. The van der Waals surface area contributed by atoms with Crippen LogP contribution < -0.4 is 11.1 Å². The molecule has 33 heavy (non-hydrogen) atoms. The summed E-state index contributed by atoms with van der Waals surface area (Å²) in [5.74, 6) is -1.16. The summed E-state index contributed by atoms with van der Waals surface area (Å²) in [5, 5.41) is 20.7. The van der Waals surface area contributed by atoms with Gasteiger partial charge in [0.2, 0.25) is 5.91 Å². The van der Waals surface area contributed by atoms with E-state index in [1.807, 2.05) is 35.2 Å². The van der Waals surface area contributed by atoms with E-state index < -0.39 is 12.0 Å². The lowest BCUT2D eigenvalue weighted by atomic mass is 10.1. The molecule has 2 atom stereocenters. The molecule has 2 aromatic carbocycles. The molecule has 2 heterocycles. The first-order valence-corrected chi connectivity index (χ1v) is 10.8. The Kier molecular flexibility index (Phi) is 6.80. The Morgan fingerprint density at radius 1 is 1.15 bits per heavy atom. The predicted octanol–water partition coefficient (Wildman–Crippen LogP) is 2.45. The standard InChI is InChI=1S/C24H26N6O3/c25-20-8-4-5-9-21(20)26-23(31)11-10-18-15-30(28-27-18)19-14-22(24(32)33)29(16-19)13-12-17-6-2-1-3-7-17/h1-11,15,19,22H,12-14,16,25H2,(H,26,31)(H,32,33)/b11-10+/t19-,22+/m0/s1. The fraction of sp³-hybridized carbons (Fsp3) is 0.250. The Labute approximate surface area is 191 Å². The maximum absolute atomic E-state index is 12.2. The Morgan fingerprint density at radius 2 is 1.91 bits per heavy atom. The normalized spacial score (nSPS) is 18.5. The Morgan fingerprint density at radius 3 is 2.67 bits per heavy atom. The second-order valence-corrected chi connectivity index (χ2v) is 8.01. The summed E-state index contributed by atoms with van der Waals surface area (Å²) in [6, 6.07) is 16.4. The number of para-hydroxylation sites is 2. The number of carboxylic acids is 1. The largest absolute Gasteiger partial charge is 0.480 e. The van der Waals surface area contributed by atoms with Crippen molar-refractivity contribution in [1.82, 2.24) is 19.9 Å². The van der Waals surface area contributed by atoms with Gasteiger partial charge in [0, 0.05) is 19.2 Å². The molecular formula is C24H26N6O3. The first kappa shape index (κ1) is 22.2. The van der Waals surface area contributed by atoms with Gasteiger partial charge in [-0.1, -0.05) is 47.7 Å². The summed E-state index contributed by atoms with van der Waals surface area (Å²) >= 11 is 0. The van der Waals surface area contributed by atoms with E-state index in [9.17, 15) is 14.7 Å². The number of hydrogen-bond acceptors (Lipinski definition) is 6. The third-order valence-corrected chi connectivity index (χ3v) is 5.72. The average Bonchev–Trinajstić information content (AvgIpc) is 3.46. The molecule has 170 valence electrons. The van der Waals surface area contributed by atoms with Crippen LogP contribution in [-0.2, 0) is 16.0 Å². The number of nitrogens with one attached hydrogen (secondary N) is 1. The van der Waals surface area contributed by atoms with Gasteiger partial charge in [-0.2, -0.15) is 0 Å². The number of rotatable bonds is 8. The van der Waals surface area contributed by atoms with Gasteiger partial charge in [-0.25, -0.2) is 4.68 Å². The molecule has 1 aliphatic heterocycles. The highest BCUT2D eigenvalue weighted by Crippen LogP contribution is 2.27. The smallest absolute Gasteiger partial charge is 0.321 e. The predicted molar refractivity (Wildman–Crippen MR) is 125 cm³/mol. The van der Waals surface area contributed by atoms with Crippen molar-refractivity contribution in [2.24, 2.45) is 0 Å². The summed E-state index contributed by atoms with van der Waals surface area (Å²) in [7, 11) is 0. The van der Waals surface area contributed by atoms with E-state index in [-0.39, 0.29) is 11.9 Å². The molecule has 0 aliphatic carbocycles. The van der Waals surface area contributed by atoms with Crippen LogP contribution in [0.3, 0.4) is 0 Å². The van der Waals surface area contributed by atoms with Gasteiger partial charge < -0.3 is 16.2 Å².